The molecule has 19 heavy (non-hydrogen) atoms. The van der Waals surface area contributed by atoms with Crippen LogP contribution in [-0.2, 0) is 9.59 Å². The Morgan fingerprint density at radius 2 is 1.53 bits per heavy atom. The van der Waals surface area contributed by atoms with Gasteiger partial charge in [0.25, 0.3) is 11.9 Å². The highest BCUT2D eigenvalue weighted by molar-refractivity contribution is 5.63. The van der Waals surface area contributed by atoms with E-state index in [9.17, 15) is 0 Å². The molecule has 1 rings (SSSR count). The van der Waals surface area contributed by atoms with E-state index in [1.165, 1.54) is 0 Å². The van der Waals surface area contributed by atoms with Gasteiger partial charge in [0, 0.05) is 19.3 Å². The largest absolute Gasteiger partial charge is 0.481 e. The first-order chi connectivity index (χ1) is 8.60. The number of carboxylic acid groups (broad SMARTS) is 2. The fourth-order valence-electron chi connectivity index (χ4n) is 1.81. The molecule has 1 aliphatic rings. The van der Waals surface area contributed by atoms with Gasteiger partial charge in [0.05, 0.1) is 13.2 Å². The van der Waals surface area contributed by atoms with Gasteiger partial charge < -0.3 is 20.4 Å². The third-order valence-electron chi connectivity index (χ3n) is 2.71. The molecule has 0 aliphatic heterocycles. The number of aliphatic hydroxyl groups is 2. The number of aliphatic hydroxyl groups excluding tert-OH is 2. The summed E-state index contributed by atoms with van der Waals surface area (Å²) in [4.78, 5) is 18.0. The van der Waals surface area contributed by atoms with E-state index >= 15 is 0 Å². The van der Waals surface area contributed by atoms with Crippen molar-refractivity contribution in [3.05, 3.63) is 12.2 Å². The van der Waals surface area contributed by atoms with Crippen LogP contribution in [0.3, 0.4) is 0 Å². The molecule has 0 amide bonds. The maximum atomic E-state index is 9.05. The van der Waals surface area contributed by atoms with Crippen LogP contribution in [0.1, 0.15) is 33.6 Å². The number of carboxylic acids is 2. The van der Waals surface area contributed by atoms with Crippen LogP contribution in [0.15, 0.2) is 12.2 Å². The molecule has 112 valence electrons. The summed E-state index contributed by atoms with van der Waals surface area (Å²) in [6.45, 7) is 8.32. The van der Waals surface area contributed by atoms with Gasteiger partial charge in [-0.1, -0.05) is 19.1 Å². The van der Waals surface area contributed by atoms with Crippen molar-refractivity contribution in [2.24, 2.45) is 11.3 Å². The standard InChI is InChI=1S/C9H16O2.2C2H4O2/c1-7-3-9(5-10,6-11)4-8(7)2;2*1-2(3)4/h8,10-11H,1,3-6H2,2H3;2*1H3,(H,3,4). The minimum atomic E-state index is -0.833. The zero-order valence-corrected chi connectivity index (χ0v) is 11.7. The second kappa shape index (κ2) is 9.52. The molecular formula is C13H24O6. The molecule has 0 aromatic carbocycles. The molecule has 1 saturated carbocycles. The predicted octanol–water partition coefficient (Wildman–Crippen LogP) is 1.13. The van der Waals surface area contributed by atoms with E-state index in [1.807, 2.05) is 0 Å². The summed E-state index contributed by atoms with van der Waals surface area (Å²) in [5, 5.41) is 32.9. The van der Waals surface area contributed by atoms with E-state index in [0.29, 0.717) is 5.92 Å². The van der Waals surface area contributed by atoms with Crippen molar-refractivity contribution in [1.29, 1.82) is 0 Å². The number of rotatable bonds is 2. The van der Waals surface area contributed by atoms with E-state index in [-0.39, 0.29) is 18.6 Å². The third-order valence-corrected chi connectivity index (χ3v) is 2.71. The smallest absolute Gasteiger partial charge is 0.300 e. The van der Waals surface area contributed by atoms with Gasteiger partial charge in [-0.2, -0.15) is 0 Å². The molecule has 0 radical (unpaired) electrons. The van der Waals surface area contributed by atoms with Crippen LogP contribution in [0.4, 0.5) is 0 Å². The summed E-state index contributed by atoms with van der Waals surface area (Å²) in [5.74, 6) is -1.21. The molecule has 0 heterocycles. The van der Waals surface area contributed by atoms with Gasteiger partial charge in [-0.3, -0.25) is 9.59 Å². The van der Waals surface area contributed by atoms with Crippen molar-refractivity contribution in [2.75, 3.05) is 13.2 Å². The summed E-state index contributed by atoms with van der Waals surface area (Å²) < 4.78 is 0. The van der Waals surface area contributed by atoms with E-state index < -0.39 is 11.9 Å². The fraction of sp³-hybridized carbons (Fsp3) is 0.692. The lowest BCUT2D eigenvalue weighted by molar-refractivity contribution is -0.135. The van der Waals surface area contributed by atoms with Gasteiger partial charge in [-0.15, -0.1) is 0 Å². The maximum Gasteiger partial charge on any atom is 0.300 e. The second-order valence-electron chi connectivity index (χ2n) is 4.79. The molecule has 0 spiro atoms. The van der Waals surface area contributed by atoms with E-state index in [1.54, 1.807) is 0 Å². The monoisotopic (exact) mass is 276 g/mol. The molecule has 1 fully saturated rings. The van der Waals surface area contributed by atoms with Gasteiger partial charge in [-0.05, 0) is 18.8 Å². The molecule has 0 saturated heterocycles. The van der Waals surface area contributed by atoms with Crippen molar-refractivity contribution >= 4 is 11.9 Å². The van der Waals surface area contributed by atoms with Crippen LogP contribution in [0, 0.1) is 11.3 Å². The Balaban J connectivity index is 0. The Morgan fingerprint density at radius 1 is 1.21 bits per heavy atom. The summed E-state index contributed by atoms with van der Waals surface area (Å²) in [5.41, 5.74) is 0.893. The Bertz CT molecular complexity index is 286. The molecule has 1 aliphatic carbocycles. The zero-order valence-electron chi connectivity index (χ0n) is 11.7. The highest BCUT2D eigenvalue weighted by atomic mass is 16.4. The lowest BCUT2D eigenvalue weighted by Crippen LogP contribution is -2.26. The molecule has 1 atom stereocenters. The first kappa shape index (κ1) is 19.9. The minimum absolute atomic E-state index is 0.0763. The number of hydrogen-bond donors (Lipinski definition) is 4. The van der Waals surface area contributed by atoms with Gasteiger partial charge >= 0.3 is 0 Å². The molecule has 6 nitrogen and oxygen atoms in total. The average Bonchev–Trinajstić information content (AvgIpc) is 2.54. The van der Waals surface area contributed by atoms with Gasteiger partial charge in [0.1, 0.15) is 0 Å². The molecule has 0 aromatic rings. The summed E-state index contributed by atoms with van der Waals surface area (Å²) in [6.07, 6.45) is 1.65. The summed E-state index contributed by atoms with van der Waals surface area (Å²) >= 11 is 0. The van der Waals surface area contributed by atoms with Crippen molar-refractivity contribution in [2.45, 2.75) is 33.6 Å². The second-order valence-corrected chi connectivity index (χ2v) is 4.79. The van der Waals surface area contributed by atoms with Gasteiger partial charge in [-0.25, -0.2) is 0 Å². The average molecular weight is 276 g/mol. The van der Waals surface area contributed by atoms with Gasteiger partial charge in [0.15, 0.2) is 0 Å². The molecule has 0 bridgehead atoms. The minimum Gasteiger partial charge on any atom is -0.481 e. The summed E-state index contributed by atoms with van der Waals surface area (Å²) in [6, 6.07) is 0. The highest BCUT2D eigenvalue weighted by Gasteiger charge is 2.38. The highest BCUT2D eigenvalue weighted by Crippen LogP contribution is 2.43. The normalized spacial score (nSPS) is 19.6. The first-order valence-electron chi connectivity index (χ1n) is 5.88. The van der Waals surface area contributed by atoms with E-state index in [4.69, 9.17) is 30.0 Å². The van der Waals surface area contributed by atoms with E-state index in [0.717, 1.165) is 32.3 Å². The van der Waals surface area contributed by atoms with Crippen LogP contribution in [0.25, 0.3) is 0 Å². The maximum absolute atomic E-state index is 9.05. The lowest BCUT2D eigenvalue weighted by atomic mass is 9.87. The van der Waals surface area contributed by atoms with Crippen LogP contribution < -0.4 is 0 Å². The number of carbonyl (C=O) groups is 2. The van der Waals surface area contributed by atoms with Crippen molar-refractivity contribution in [1.82, 2.24) is 0 Å². The Hall–Kier alpha value is -1.40. The fourth-order valence-corrected chi connectivity index (χ4v) is 1.81. The van der Waals surface area contributed by atoms with Gasteiger partial charge in [0.2, 0.25) is 0 Å². The molecule has 0 aromatic heterocycles. The quantitative estimate of drug-likeness (QED) is 0.562. The van der Waals surface area contributed by atoms with Crippen LogP contribution in [0.2, 0.25) is 0 Å². The van der Waals surface area contributed by atoms with Crippen LogP contribution in [0.5, 0.6) is 0 Å². The number of allylic oxidation sites excluding steroid dienone is 1. The molecular weight excluding hydrogens is 252 g/mol. The van der Waals surface area contributed by atoms with Crippen LogP contribution >= 0.6 is 0 Å². The van der Waals surface area contributed by atoms with Crippen molar-refractivity contribution in [3.63, 3.8) is 0 Å². The van der Waals surface area contributed by atoms with Crippen molar-refractivity contribution in [3.8, 4) is 0 Å². The Labute approximate surface area is 113 Å². The predicted molar refractivity (Wildman–Crippen MR) is 70.8 cm³/mol. The SMILES string of the molecule is C=C1CC(CO)(CO)CC1C.CC(=O)O.CC(=O)O. The van der Waals surface area contributed by atoms with Crippen molar-refractivity contribution < 1.29 is 30.0 Å². The number of aliphatic carboxylic acids is 2. The Morgan fingerprint density at radius 3 is 1.63 bits per heavy atom. The third kappa shape index (κ3) is 10.2. The topological polar surface area (TPSA) is 115 Å². The molecule has 1 unspecified atom stereocenters. The zero-order chi connectivity index (χ0) is 15.6. The Kier molecular flexibility index (Phi) is 9.99. The first-order valence-corrected chi connectivity index (χ1v) is 5.88. The molecule has 4 N–H and O–H groups in total. The lowest BCUT2D eigenvalue weighted by Gasteiger charge is -2.22. The van der Waals surface area contributed by atoms with Crippen LogP contribution in [-0.4, -0.2) is 45.6 Å². The summed E-state index contributed by atoms with van der Waals surface area (Å²) in [7, 11) is 0. The van der Waals surface area contributed by atoms with E-state index in [2.05, 4.69) is 13.5 Å². The number of hydrogen-bond acceptors (Lipinski definition) is 4. The molecule has 6 heteroatoms.